The SMILES string of the molecule is CCOc1ccc(CN2C(=O)C(=O)/C(=C(\O)c3ccccc3)C2c2ccc(N(C)C)cc2)cc1. The molecule has 6 heteroatoms. The Kier molecular flexibility index (Phi) is 6.68. The minimum absolute atomic E-state index is 0.0970. The lowest BCUT2D eigenvalue weighted by Crippen LogP contribution is -2.29. The van der Waals surface area contributed by atoms with E-state index in [1.54, 1.807) is 24.3 Å². The van der Waals surface area contributed by atoms with Crippen LogP contribution in [0.1, 0.15) is 29.7 Å². The number of carbonyl (C=O) groups excluding carboxylic acids is 2. The Balaban J connectivity index is 1.78. The van der Waals surface area contributed by atoms with Gasteiger partial charge in [0.1, 0.15) is 11.5 Å². The molecule has 1 aliphatic rings. The van der Waals surface area contributed by atoms with Crippen molar-refractivity contribution < 1.29 is 19.4 Å². The molecular weight excluding hydrogens is 428 g/mol. The van der Waals surface area contributed by atoms with Crippen molar-refractivity contribution in [2.24, 2.45) is 0 Å². The van der Waals surface area contributed by atoms with Crippen LogP contribution >= 0.6 is 0 Å². The molecule has 3 aromatic rings. The van der Waals surface area contributed by atoms with Crippen molar-refractivity contribution in [2.45, 2.75) is 19.5 Å². The maximum absolute atomic E-state index is 13.2. The van der Waals surface area contributed by atoms with Gasteiger partial charge in [0.25, 0.3) is 11.7 Å². The first kappa shape index (κ1) is 23.1. The summed E-state index contributed by atoms with van der Waals surface area (Å²) in [6, 6.07) is 23.3. The summed E-state index contributed by atoms with van der Waals surface area (Å²) in [6.07, 6.45) is 0. The highest BCUT2D eigenvalue weighted by Gasteiger charge is 2.46. The number of hydrogen-bond acceptors (Lipinski definition) is 5. The molecule has 4 rings (SSSR count). The third-order valence-electron chi connectivity index (χ3n) is 5.90. The zero-order valence-electron chi connectivity index (χ0n) is 19.6. The van der Waals surface area contributed by atoms with Crippen LogP contribution < -0.4 is 9.64 Å². The molecule has 1 aliphatic heterocycles. The smallest absolute Gasteiger partial charge is 0.295 e. The number of likely N-dealkylation sites (tertiary alicyclic amines) is 1. The molecule has 1 fully saturated rings. The number of nitrogens with zero attached hydrogens (tertiary/aromatic N) is 2. The van der Waals surface area contributed by atoms with Gasteiger partial charge in [0, 0.05) is 31.9 Å². The van der Waals surface area contributed by atoms with E-state index in [9.17, 15) is 14.7 Å². The first-order valence-electron chi connectivity index (χ1n) is 11.2. The summed E-state index contributed by atoms with van der Waals surface area (Å²) in [5, 5.41) is 11.1. The molecule has 0 radical (unpaired) electrons. The highest BCUT2D eigenvalue weighted by Crippen LogP contribution is 2.40. The second kappa shape index (κ2) is 9.83. The van der Waals surface area contributed by atoms with E-state index in [0.717, 1.165) is 22.6 Å². The summed E-state index contributed by atoms with van der Waals surface area (Å²) < 4.78 is 5.51. The number of aliphatic hydroxyl groups excluding tert-OH is 1. The van der Waals surface area contributed by atoms with E-state index in [2.05, 4.69) is 0 Å². The Labute approximate surface area is 199 Å². The molecular formula is C28H28N2O4. The van der Waals surface area contributed by atoms with Crippen LogP contribution in [0.4, 0.5) is 5.69 Å². The van der Waals surface area contributed by atoms with Crippen molar-refractivity contribution in [1.29, 1.82) is 0 Å². The van der Waals surface area contributed by atoms with E-state index < -0.39 is 17.7 Å². The minimum Gasteiger partial charge on any atom is -0.507 e. The van der Waals surface area contributed by atoms with Gasteiger partial charge in [0.2, 0.25) is 0 Å². The molecule has 34 heavy (non-hydrogen) atoms. The standard InChI is InChI=1S/C28H28N2O4/c1-4-34-23-16-10-19(11-17-23)18-30-25(20-12-14-22(15-13-20)29(2)3)24(27(32)28(30)33)26(31)21-8-6-5-7-9-21/h5-17,25,31H,4,18H2,1-3H3/b26-24-. The molecule has 1 saturated heterocycles. The Bertz CT molecular complexity index is 1200. The lowest BCUT2D eigenvalue weighted by Gasteiger charge is -2.26. The van der Waals surface area contributed by atoms with Crippen LogP contribution in [0, 0.1) is 0 Å². The molecule has 1 amide bonds. The molecule has 3 aromatic carbocycles. The van der Waals surface area contributed by atoms with E-state index in [1.807, 2.05) is 80.5 Å². The average molecular weight is 457 g/mol. The summed E-state index contributed by atoms with van der Waals surface area (Å²) in [6.45, 7) is 2.71. The third-order valence-corrected chi connectivity index (χ3v) is 5.90. The molecule has 1 atom stereocenters. The van der Waals surface area contributed by atoms with Crippen LogP contribution in [0.5, 0.6) is 5.75 Å². The van der Waals surface area contributed by atoms with E-state index in [1.165, 1.54) is 4.90 Å². The molecule has 6 nitrogen and oxygen atoms in total. The third kappa shape index (κ3) is 4.53. The molecule has 0 bridgehead atoms. The van der Waals surface area contributed by atoms with Crippen LogP contribution in [-0.2, 0) is 16.1 Å². The molecule has 174 valence electrons. The van der Waals surface area contributed by atoms with Gasteiger partial charge in [-0.1, -0.05) is 54.6 Å². The molecule has 0 saturated carbocycles. The number of Topliss-reactive ketones (excluding diaryl/α,β-unsaturated/α-hetero) is 1. The monoisotopic (exact) mass is 456 g/mol. The second-order valence-corrected chi connectivity index (χ2v) is 8.36. The minimum atomic E-state index is -0.706. The highest BCUT2D eigenvalue weighted by molar-refractivity contribution is 6.46. The number of ketones is 1. The van der Waals surface area contributed by atoms with Gasteiger partial charge in [-0.2, -0.15) is 0 Å². The van der Waals surface area contributed by atoms with E-state index in [-0.39, 0.29) is 17.9 Å². The predicted octanol–water partition coefficient (Wildman–Crippen LogP) is 4.77. The topological polar surface area (TPSA) is 70.1 Å². The van der Waals surface area contributed by atoms with Crippen LogP contribution in [0.2, 0.25) is 0 Å². The predicted molar refractivity (Wildman–Crippen MR) is 133 cm³/mol. The van der Waals surface area contributed by atoms with Gasteiger partial charge >= 0.3 is 0 Å². The number of aliphatic hydroxyl groups is 1. The zero-order chi connectivity index (χ0) is 24.2. The summed E-state index contributed by atoms with van der Waals surface area (Å²) >= 11 is 0. The van der Waals surface area contributed by atoms with E-state index in [4.69, 9.17) is 4.74 Å². The first-order chi connectivity index (χ1) is 16.4. The normalized spacial score (nSPS) is 17.1. The fraction of sp³-hybridized carbons (Fsp3) is 0.214. The number of hydrogen-bond donors (Lipinski definition) is 1. The van der Waals surface area contributed by atoms with Crippen LogP contribution in [0.15, 0.2) is 84.4 Å². The molecule has 1 N–H and O–H groups in total. The first-order valence-corrected chi connectivity index (χ1v) is 11.2. The Morgan fingerprint density at radius 1 is 0.941 bits per heavy atom. The van der Waals surface area contributed by atoms with Crippen molar-refractivity contribution in [3.8, 4) is 5.75 Å². The van der Waals surface area contributed by atoms with Gasteiger partial charge in [0.05, 0.1) is 18.2 Å². The lowest BCUT2D eigenvalue weighted by molar-refractivity contribution is -0.140. The Hall–Kier alpha value is -4.06. The summed E-state index contributed by atoms with van der Waals surface area (Å²) in [7, 11) is 3.89. The molecule has 1 heterocycles. The second-order valence-electron chi connectivity index (χ2n) is 8.36. The molecule has 0 spiro atoms. The Morgan fingerprint density at radius 2 is 1.59 bits per heavy atom. The van der Waals surface area contributed by atoms with Crippen molar-refractivity contribution in [3.05, 3.63) is 101 Å². The van der Waals surface area contributed by atoms with E-state index >= 15 is 0 Å². The van der Waals surface area contributed by atoms with Crippen molar-refractivity contribution in [1.82, 2.24) is 4.90 Å². The molecule has 1 unspecified atom stereocenters. The fourth-order valence-corrected chi connectivity index (χ4v) is 4.15. The van der Waals surface area contributed by atoms with E-state index in [0.29, 0.717) is 12.2 Å². The van der Waals surface area contributed by atoms with Crippen LogP contribution in [0.3, 0.4) is 0 Å². The van der Waals surface area contributed by atoms with Crippen molar-refractivity contribution in [2.75, 3.05) is 25.6 Å². The van der Waals surface area contributed by atoms with Gasteiger partial charge in [-0.05, 0) is 42.3 Å². The zero-order valence-corrected chi connectivity index (χ0v) is 19.6. The van der Waals surface area contributed by atoms with Gasteiger partial charge in [0.15, 0.2) is 0 Å². The van der Waals surface area contributed by atoms with Crippen LogP contribution in [0.25, 0.3) is 5.76 Å². The number of anilines is 1. The number of rotatable bonds is 7. The molecule has 0 aromatic heterocycles. The largest absolute Gasteiger partial charge is 0.507 e. The summed E-state index contributed by atoms with van der Waals surface area (Å²) in [5.41, 5.74) is 3.21. The fourth-order valence-electron chi connectivity index (χ4n) is 4.15. The summed E-state index contributed by atoms with van der Waals surface area (Å²) in [5.74, 6) is -0.745. The van der Waals surface area contributed by atoms with Crippen molar-refractivity contribution >= 4 is 23.1 Å². The maximum Gasteiger partial charge on any atom is 0.295 e. The van der Waals surface area contributed by atoms with Gasteiger partial charge in [-0.15, -0.1) is 0 Å². The molecule has 0 aliphatic carbocycles. The van der Waals surface area contributed by atoms with Crippen molar-refractivity contribution in [3.63, 3.8) is 0 Å². The van der Waals surface area contributed by atoms with Crippen LogP contribution in [-0.4, -0.2) is 42.4 Å². The Morgan fingerprint density at radius 3 is 2.18 bits per heavy atom. The van der Waals surface area contributed by atoms with Gasteiger partial charge < -0.3 is 19.6 Å². The number of amides is 1. The number of ether oxygens (including phenoxy) is 1. The lowest BCUT2D eigenvalue weighted by atomic mass is 9.95. The average Bonchev–Trinajstić information content (AvgIpc) is 3.10. The quantitative estimate of drug-likeness (QED) is 0.315. The van der Waals surface area contributed by atoms with Gasteiger partial charge in [-0.25, -0.2) is 0 Å². The van der Waals surface area contributed by atoms with Gasteiger partial charge in [-0.3, -0.25) is 9.59 Å². The summed E-state index contributed by atoms with van der Waals surface area (Å²) in [4.78, 5) is 29.9. The maximum atomic E-state index is 13.2. The highest BCUT2D eigenvalue weighted by atomic mass is 16.5. The number of carbonyl (C=O) groups is 2. The number of benzene rings is 3.